The molecule has 1 N–H and O–H groups in total. The van der Waals surface area contributed by atoms with Gasteiger partial charge in [0.05, 0.1) is 16.8 Å². The number of hydrogen-bond donors (Lipinski definition) is 1. The molecular weight excluding hydrogens is 388 g/mol. The lowest BCUT2D eigenvalue weighted by Gasteiger charge is -2.29. The predicted octanol–water partition coefficient (Wildman–Crippen LogP) is 3.32. The van der Waals surface area contributed by atoms with Gasteiger partial charge in [-0.25, -0.2) is 9.97 Å². The number of para-hydroxylation sites is 2. The molecule has 0 saturated heterocycles. The Morgan fingerprint density at radius 3 is 2.97 bits per heavy atom. The molecule has 0 unspecified atom stereocenters. The highest BCUT2D eigenvalue weighted by molar-refractivity contribution is 7.18. The summed E-state index contributed by atoms with van der Waals surface area (Å²) in [6.07, 6.45) is 7.11. The fourth-order valence-corrected chi connectivity index (χ4v) is 5.23. The number of rotatable bonds is 3. The van der Waals surface area contributed by atoms with E-state index in [2.05, 4.69) is 15.3 Å². The Bertz CT molecular complexity index is 1110. The highest BCUT2D eigenvalue weighted by Crippen LogP contribution is 2.38. The van der Waals surface area contributed by atoms with Gasteiger partial charge in [-0.2, -0.15) is 0 Å². The van der Waals surface area contributed by atoms with Crippen LogP contribution in [-0.2, 0) is 22.4 Å². The number of ether oxygens (including phenoxy) is 1. The highest BCUT2D eigenvalue weighted by atomic mass is 32.1. The van der Waals surface area contributed by atoms with Gasteiger partial charge in [-0.15, -0.1) is 11.3 Å². The molecule has 0 fully saturated rings. The summed E-state index contributed by atoms with van der Waals surface area (Å²) in [6, 6.07) is 7.26. The van der Waals surface area contributed by atoms with Crippen molar-refractivity contribution in [3.63, 3.8) is 0 Å². The number of anilines is 2. The maximum Gasteiger partial charge on any atom is 0.265 e. The minimum atomic E-state index is -0.277. The first kappa shape index (κ1) is 18.1. The minimum absolute atomic E-state index is 0.0216. The van der Waals surface area contributed by atoms with Crippen molar-refractivity contribution in [3.05, 3.63) is 41.0 Å². The van der Waals surface area contributed by atoms with Gasteiger partial charge in [0, 0.05) is 4.88 Å². The molecule has 2 amide bonds. The summed E-state index contributed by atoms with van der Waals surface area (Å²) in [6.45, 7) is -0.204. The molecule has 1 aromatic carbocycles. The lowest BCUT2D eigenvalue weighted by atomic mass is 10.1. The van der Waals surface area contributed by atoms with Crippen molar-refractivity contribution >= 4 is 44.7 Å². The van der Waals surface area contributed by atoms with E-state index >= 15 is 0 Å². The second-order valence-electron chi connectivity index (χ2n) is 7.26. The molecule has 0 bridgehead atoms. The van der Waals surface area contributed by atoms with Crippen LogP contribution in [0.5, 0.6) is 5.88 Å². The molecule has 0 atom stereocenters. The molecule has 148 valence electrons. The summed E-state index contributed by atoms with van der Waals surface area (Å²) >= 11 is 1.70. The number of benzene rings is 1. The molecule has 29 heavy (non-hydrogen) atoms. The standard InChI is InChI=1S/C21H20N4O3S/c26-17-10-25(15-8-5-4-7-14(15)24-17)18(27)11-28-20-19-13-6-2-1-3-9-16(13)29-21(19)23-12-22-20/h4-5,7-8,12H,1-3,6,9-11H2,(H,24,26). The first-order valence-electron chi connectivity index (χ1n) is 9.78. The molecule has 0 spiro atoms. The number of thiophene rings is 1. The van der Waals surface area contributed by atoms with E-state index in [1.54, 1.807) is 17.4 Å². The van der Waals surface area contributed by atoms with E-state index < -0.39 is 0 Å². The lowest BCUT2D eigenvalue weighted by Crippen LogP contribution is -2.44. The molecule has 3 heterocycles. The Labute approximate surface area is 171 Å². The van der Waals surface area contributed by atoms with Crippen molar-refractivity contribution in [2.24, 2.45) is 0 Å². The molecule has 3 aromatic rings. The largest absolute Gasteiger partial charge is 0.467 e. The Kier molecular flexibility index (Phi) is 4.63. The summed E-state index contributed by atoms with van der Waals surface area (Å²) in [4.78, 5) is 37.3. The van der Waals surface area contributed by atoms with Crippen molar-refractivity contribution in [2.75, 3.05) is 23.4 Å². The van der Waals surface area contributed by atoms with Crippen LogP contribution in [-0.4, -0.2) is 34.9 Å². The van der Waals surface area contributed by atoms with E-state index in [9.17, 15) is 9.59 Å². The third-order valence-electron chi connectivity index (χ3n) is 5.37. The van der Waals surface area contributed by atoms with Gasteiger partial charge < -0.3 is 10.1 Å². The number of aryl methyl sites for hydroxylation is 2. The van der Waals surface area contributed by atoms with Gasteiger partial charge in [0.25, 0.3) is 5.91 Å². The number of nitrogens with zero attached hydrogens (tertiary/aromatic N) is 3. The highest BCUT2D eigenvalue weighted by Gasteiger charge is 2.27. The molecule has 2 aromatic heterocycles. The Hall–Kier alpha value is -3.00. The summed E-state index contributed by atoms with van der Waals surface area (Å²) in [7, 11) is 0. The van der Waals surface area contributed by atoms with Crippen LogP contribution in [0.25, 0.3) is 10.2 Å². The third kappa shape index (κ3) is 3.33. The zero-order valence-electron chi connectivity index (χ0n) is 15.8. The van der Waals surface area contributed by atoms with E-state index in [1.807, 2.05) is 18.2 Å². The van der Waals surface area contributed by atoms with Crippen LogP contribution in [0, 0.1) is 0 Å². The second-order valence-corrected chi connectivity index (χ2v) is 8.34. The Morgan fingerprint density at radius 1 is 1.17 bits per heavy atom. The molecule has 2 aliphatic rings. The zero-order chi connectivity index (χ0) is 19.8. The van der Waals surface area contributed by atoms with Gasteiger partial charge in [0.15, 0.2) is 6.61 Å². The zero-order valence-corrected chi connectivity index (χ0v) is 16.6. The molecule has 0 radical (unpaired) electrons. The fraction of sp³-hybridized carbons (Fsp3) is 0.333. The topological polar surface area (TPSA) is 84.4 Å². The first-order valence-corrected chi connectivity index (χ1v) is 10.6. The number of aromatic nitrogens is 2. The third-order valence-corrected chi connectivity index (χ3v) is 6.57. The van der Waals surface area contributed by atoms with Crippen LogP contribution in [0.3, 0.4) is 0 Å². The van der Waals surface area contributed by atoms with Crippen LogP contribution in [0.4, 0.5) is 11.4 Å². The van der Waals surface area contributed by atoms with Crippen molar-refractivity contribution < 1.29 is 14.3 Å². The van der Waals surface area contributed by atoms with Crippen LogP contribution < -0.4 is 15.0 Å². The molecular formula is C21H20N4O3S. The van der Waals surface area contributed by atoms with Gasteiger partial charge >= 0.3 is 0 Å². The Morgan fingerprint density at radius 2 is 2.03 bits per heavy atom. The molecule has 7 nitrogen and oxygen atoms in total. The van der Waals surface area contributed by atoms with Crippen LogP contribution >= 0.6 is 11.3 Å². The van der Waals surface area contributed by atoms with Gasteiger partial charge in [0.2, 0.25) is 11.8 Å². The van der Waals surface area contributed by atoms with Crippen molar-refractivity contribution in [1.82, 2.24) is 9.97 Å². The van der Waals surface area contributed by atoms with E-state index in [4.69, 9.17) is 4.74 Å². The van der Waals surface area contributed by atoms with Crippen LogP contribution in [0.15, 0.2) is 30.6 Å². The fourth-order valence-electron chi connectivity index (χ4n) is 4.01. The van der Waals surface area contributed by atoms with Crippen molar-refractivity contribution in [2.45, 2.75) is 32.1 Å². The summed E-state index contributed by atoms with van der Waals surface area (Å²) in [5.74, 6) is -0.0393. The number of carbonyl (C=O) groups is 2. The van der Waals surface area contributed by atoms with Crippen molar-refractivity contribution in [3.8, 4) is 5.88 Å². The molecule has 8 heteroatoms. The van der Waals surface area contributed by atoms with Crippen molar-refractivity contribution in [1.29, 1.82) is 0 Å². The minimum Gasteiger partial charge on any atom is -0.467 e. The Balaban J connectivity index is 1.41. The smallest absolute Gasteiger partial charge is 0.265 e. The van der Waals surface area contributed by atoms with Crippen LogP contribution in [0.1, 0.15) is 29.7 Å². The number of amides is 2. The predicted molar refractivity (Wildman–Crippen MR) is 112 cm³/mol. The molecule has 0 saturated carbocycles. The summed E-state index contributed by atoms with van der Waals surface area (Å²) in [5, 5.41) is 3.73. The second kappa shape index (κ2) is 7.44. The van der Waals surface area contributed by atoms with E-state index in [0.717, 1.165) is 29.5 Å². The van der Waals surface area contributed by atoms with E-state index in [0.29, 0.717) is 17.3 Å². The molecule has 5 rings (SSSR count). The monoisotopic (exact) mass is 408 g/mol. The van der Waals surface area contributed by atoms with Gasteiger partial charge in [-0.05, 0) is 43.4 Å². The number of fused-ring (bicyclic) bond motifs is 4. The summed E-state index contributed by atoms with van der Waals surface area (Å²) in [5.41, 5.74) is 2.58. The maximum absolute atomic E-state index is 12.9. The van der Waals surface area contributed by atoms with Crippen LogP contribution in [0.2, 0.25) is 0 Å². The summed E-state index contributed by atoms with van der Waals surface area (Å²) < 4.78 is 5.88. The molecule has 1 aliphatic carbocycles. The number of carbonyl (C=O) groups excluding carboxylic acids is 2. The lowest BCUT2D eigenvalue weighted by molar-refractivity contribution is -0.123. The maximum atomic E-state index is 12.9. The SMILES string of the molecule is O=C1CN(C(=O)COc2ncnc3sc4c(c23)CCCCC4)c2ccccc2N1. The number of nitrogens with one attached hydrogen (secondary N) is 1. The van der Waals surface area contributed by atoms with E-state index in [-0.39, 0.29) is 25.0 Å². The first-order chi connectivity index (χ1) is 14.2. The van der Waals surface area contributed by atoms with E-state index in [1.165, 1.54) is 34.5 Å². The number of hydrogen-bond acceptors (Lipinski definition) is 6. The quantitative estimate of drug-likeness (QED) is 0.672. The van der Waals surface area contributed by atoms with Gasteiger partial charge in [-0.3, -0.25) is 14.5 Å². The average molecular weight is 408 g/mol. The van der Waals surface area contributed by atoms with Gasteiger partial charge in [0.1, 0.15) is 17.7 Å². The normalized spacial score (nSPS) is 16.0. The molecule has 1 aliphatic heterocycles. The van der Waals surface area contributed by atoms with Gasteiger partial charge in [-0.1, -0.05) is 18.6 Å². The average Bonchev–Trinajstić information content (AvgIpc) is 2.93.